The molecule has 0 N–H and O–H groups in total. The lowest BCUT2D eigenvalue weighted by Crippen LogP contribution is -2.48. The van der Waals surface area contributed by atoms with Crippen molar-refractivity contribution < 1.29 is 4.48 Å². The van der Waals surface area contributed by atoms with Gasteiger partial charge in [0.25, 0.3) is 0 Å². The summed E-state index contributed by atoms with van der Waals surface area (Å²) in [6.45, 7) is 12.2. The molecule has 0 heterocycles. The van der Waals surface area contributed by atoms with Gasteiger partial charge in [0, 0.05) is 0 Å². The van der Waals surface area contributed by atoms with Gasteiger partial charge in [-0.2, -0.15) is 0 Å². The van der Waals surface area contributed by atoms with E-state index in [0.717, 1.165) is 5.92 Å². The molecule has 0 aromatic heterocycles. The number of benzene rings is 2. The summed E-state index contributed by atoms with van der Waals surface area (Å²) in [5.41, 5.74) is 4.71. The van der Waals surface area contributed by atoms with Crippen LogP contribution in [0, 0.1) is 5.92 Å². The summed E-state index contributed by atoms with van der Waals surface area (Å²) in [6, 6.07) is 20.4. The lowest BCUT2D eigenvalue weighted by molar-refractivity contribution is -0.923. The van der Waals surface area contributed by atoms with Crippen molar-refractivity contribution in [2.45, 2.75) is 52.4 Å². The minimum absolute atomic E-state index is 0.691. The molecule has 2 aromatic carbocycles. The first-order valence-corrected chi connectivity index (χ1v) is 10.7. The zero-order valence-corrected chi connectivity index (χ0v) is 17.0. The second-order valence-corrected chi connectivity index (χ2v) is 8.11. The SMILES string of the molecule is CC[N+](CC)(CC)CCCC(c1ccccc1)C1Cc2ccccc2C1. The van der Waals surface area contributed by atoms with Crippen LogP contribution in [0.2, 0.25) is 0 Å². The van der Waals surface area contributed by atoms with E-state index in [1.807, 2.05) is 0 Å². The molecule has 3 rings (SSSR count). The van der Waals surface area contributed by atoms with Crippen molar-refractivity contribution in [2.24, 2.45) is 5.92 Å². The quantitative estimate of drug-likeness (QED) is 0.498. The Morgan fingerprint density at radius 1 is 0.808 bits per heavy atom. The standard InChI is InChI=1S/C25H36N/c1-4-26(5-2,6-3)18-12-17-25(21-13-8-7-9-14-21)24-19-22-15-10-11-16-23(22)20-24/h7-11,13-16,24-25H,4-6,12,17-20H2,1-3H3/q+1. The lowest BCUT2D eigenvalue weighted by atomic mass is 9.81. The smallest absolute Gasteiger partial charge is 0.0786 e. The molecule has 0 fully saturated rings. The lowest BCUT2D eigenvalue weighted by Gasteiger charge is -2.36. The van der Waals surface area contributed by atoms with Gasteiger partial charge < -0.3 is 4.48 Å². The molecule has 26 heavy (non-hydrogen) atoms. The predicted octanol–water partition coefficient (Wildman–Crippen LogP) is 5.84. The van der Waals surface area contributed by atoms with Gasteiger partial charge in [-0.15, -0.1) is 0 Å². The number of rotatable bonds is 9. The van der Waals surface area contributed by atoms with Crippen LogP contribution in [-0.4, -0.2) is 30.7 Å². The van der Waals surface area contributed by atoms with Gasteiger partial charge in [-0.25, -0.2) is 0 Å². The molecule has 1 atom stereocenters. The Morgan fingerprint density at radius 2 is 1.35 bits per heavy atom. The average molecular weight is 351 g/mol. The summed E-state index contributed by atoms with van der Waals surface area (Å²) in [5, 5.41) is 0. The first-order chi connectivity index (χ1) is 12.7. The molecule has 0 saturated carbocycles. The summed E-state index contributed by atoms with van der Waals surface area (Å²) in [4.78, 5) is 0. The van der Waals surface area contributed by atoms with Crippen LogP contribution in [0.4, 0.5) is 0 Å². The van der Waals surface area contributed by atoms with Crippen LogP contribution >= 0.6 is 0 Å². The summed E-state index contributed by atoms with van der Waals surface area (Å²) in [7, 11) is 0. The fourth-order valence-electron chi connectivity index (χ4n) is 5.04. The van der Waals surface area contributed by atoms with E-state index in [-0.39, 0.29) is 0 Å². The van der Waals surface area contributed by atoms with Gasteiger partial charge in [-0.3, -0.25) is 0 Å². The fourth-order valence-corrected chi connectivity index (χ4v) is 5.04. The van der Waals surface area contributed by atoms with Crippen LogP contribution in [0.25, 0.3) is 0 Å². The Balaban J connectivity index is 1.72. The van der Waals surface area contributed by atoms with Crippen molar-refractivity contribution in [3.05, 3.63) is 71.3 Å². The van der Waals surface area contributed by atoms with Crippen LogP contribution in [0.5, 0.6) is 0 Å². The van der Waals surface area contributed by atoms with Crippen LogP contribution in [-0.2, 0) is 12.8 Å². The highest BCUT2D eigenvalue weighted by Gasteiger charge is 2.30. The molecule has 0 radical (unpaired) electrons. The minimum atomic E-state index is 0.691. The number of hydrogen-bond donors (Lipinski definition) is 0. The third-order valence-corrected chi connectivity index (χ3v) is 7.04. The predicted molar refractivity (Wildman–Crippen MR) is 113 cm³/mol. The van der Waals surface area contributed by atoms with Crippen LogP contribution in [0.3, 0.4) is 0 Å². The van der Waals surface area contributed by atoms with E-state index < -0.39 is 0 Å². The summed E-state index contributed by atoms with van der Waals surface area (Å²) in [5.74, 6) is 1.46. The van der Waals surface area contributed by atoms with Crippen molar-refractivity contribution in [2.75, 3.05) is 26.2 Å². The maximum absolute atomic E-state index is 2.36. The number of hydrogen-bond acceptors (Lipinski definition) is 0. The largest absolute Gasteiger partial charge is 0.324 e. The van der Waals surface area contributed by atoms with E-state index in [9.17, 15) is 0 Å². The van der Waals surface area contributed by atoms with Crippen molar-refractivity contribution in [1.29, 1.82) is 0 Å². The third kappa shape index (κ3) is 4.20. The highest BCUT2D eigenvalue weighted by Crippen LogP contribution is 2.39. The van der Waals surface area contributed by atoms with E-state index in [2.05, 4.69) is 75.4 Å². The van der Waals surface area contributed by atoms with Gasteiger partial charge in [0.15, 0.2) is 0 Å². The summed E-state index contributed by atoms with van der Waals surface area (Å²) < 4.78 is 1.27. The van der Waals surface area contributed by atoms with E-state index >= 15 is 0 Å². The van der Waals surface area contributed by atoms with Crippen molar-refractivity contribution >= 4 is 0 Å². The second kappa shape index (κ2) is 8.86. The molecule has 140 valence electrons. The fraction of sp³-hybridized carbons (Fsp3) is 0.520. The molecule has 0 aliphatic heterocycles. The third-order valence-electron chi connectivity index (χ3n) is 7.04. The highest BCUT2D eigenvalue weighted by molar-refractivity contribution is 5.34. The van der Waals surface area contributed by atoms with Crippen molar-refractivity contribution in [3.8, 4) is 0 Å². The molecule has 0 amide bonds. The van der Waals surface area contributed by atoms with E-state index in [0.29, 0.717) is 5.92 Å². The van der Waals surface area contributed by atoms with Crippen LogP contribution in [0.1, 0.15) is 56.2 Å². The topological polar surface area (TPSA) is 0 Å². The Kier molecular flexibility index (Phi) is 6.53. The van der Waals surface area contributed by atoms with Crippen molar-refractivity contribution in [3.63, 3.8) is 0 Å². The zero-order chi connectivity index (χ0) is 18.4. The number of nitrogens with zero attached hydrogens (tertiary/aromatic N) is 1. The Bertz CT molecular complexity index is 638. The van der Waals surface area contributed by atoms with E-state index in [1.54, 1.807) is 16.7 Å². The number of fused-ring (bicyclic) bond motifs is 1. The van der Waals surface area contributed by atoms with Crippen LogP contribution in [0.15, 0.2) is 54.6 Å². The Labute approximate surface area is 160 Å². The molecule has 1 nitrogen and oxygen atoms in total. The molecule has 1 heteroatoms. The summed E-state index contributed by atoms with van der Waals surface area (Å²) >= 11 is 0. The maximum Gasteiger partial charge on any atom is 0.0786 e. The molecule has 0 saturated heterocycles. The van der Waals surface area contributed by atoms with Gasteiger partial charge in [0.05, 0.1) is 26.2 Å². The molecule has 2 aromatic rings. The molecular weight excluding hydrogens is 314 g/mol. The Hall–Kier alpha value is -1.60. The van der Waals surface area contributed by atoms with Gasteiger partial charge >= 0.3 is 0 Å². The van der Waals surface area contributed by atoms with E-state index in [4.69, 9.17) is 0 Å². The van der Waals surface area contributed by atoms with Crippen LogP contribution < -0.4 is 0 Å². The minimum Gasteiger partial charge on any atom is -0.324 e. The first kappa shape index (κ1) is 19.2. The maximum atomic E-state index is 2.36. The van der Waals surface area contributed by atoms with Gasteiger partial charge in [-0.1, -0.05) is 54.6 Å². The first-order valence-electron chi connectivity index (χ1n) is 10.7. The van der Waals surface area contributed by atoms with Gasteiger partial charge in [0.1, 0.15) is 0 Å². The highest BCUT2D eigenvalue weighted by atomic mass is 15.3. The molecule has 0 spiro atoms. The molecule has 1 aliphatic rings. The van der Waals surface area contributed by atoms with Gasteiger partial charge in [-0.05, 0) is 75.0 Å². The van der Waals surface area contributed by atoms with Gasteiger partial charge in [0.2, 0.25) is 0 Å². The monoisotopic (exact) mass is 350 g/mol. The zero-order valence-electron chi connectivity index (χ0n) is 17.0. The normalized spacial score (nSPS) is 15.8. The summed E-state index contributed by atoms with van der Waals surface area (Å²) in [6.07, 6.45) is 5.17. The average Bonchev–Trinajstić information content (AvgIpc) is 3.13. The molecule has 0 bridgehead atoms. The second-order valence-electron chi connectivity index (χ2n) is 8.11. The number of quaternary nitrogens is 1. The Morgan fingerprint density at radius 3 is 1.88 bits per heavy atom. The van der Waals surface area contributed by atoms with E-state index in [1.165, 1.54) is 56.3 Å². The van der Waals surface area contributed by atoms with Crippen molar-refractivity contribution in [1.82, 2.24) is 0 Å². The molecule has 1 unspecified atom stereocenters. The molecular formula is C25H36N+. The molecule has 1 aliphatic carbocycles.